The van der Waals surface area contributed by atoms with Gasteiger partial charge in [0.25, 0.3) is 0 Å². The highest BCUT2D eigenvalue weighted by Crippen LogP contribution is 2.13. The van der Waals surface area contributed by atoms with Crippen molar-refractivity contribution in [1.29, 1.82) is 0 Å². The molecule has 34 heavy (non-hydrogen) atoms. The summed E-state index contributed by atoms with van der Waals surface area (Å²) in [6.07, 6.45) is 1.95. The maximum absolute atomic E-state index is 13.0. The van der Waals surface area contributed by atoms with Crippen LogP contribution in [0.15, 0.2) is 24.3 Å². The molecule has 0 spiro atoms. The topological polar surface area (TPSA) is 177 Å². The molecule has 7 N–H and O–H groups in total. The average Bonchev–Trinajstić information content (AvgIpc) is 3.36. The Morgan fingerprint density at radius 3 is 2.24 bits per heavy atom. The highest BCUT2D eigenvalue weighted by Gasteiger charge is 2.32. The number of phenolic OH excluding ortho intramolecular Hbond substituents is 1. The monoisotopic (exact) mass is 478 g/mol. The van der Waals surface area contributed by atoms with Crippen molar-refractivity contribution in [3.05, 3.63) is 29.8 Å². The lowest BCUT2D eigenvalue weighted by Crippen LogP contribution is -2.59. The number of hydrogen-bond donors (Lipinski definition) is 7. The van der Waals surface area contributed by atoms with Crippen molar-refractivity contribution in [2.24, 2.45) is 5.92 Å². The third-order valence-corrected chi connectivity index (χ3v) is 5.98. The van der Waals surface area contributed by atoms with E-state index < -0.39 is 54.5 Å². The SMILES string of the molecule is CCC(C)C(NC(=O)C(Cc1ccc(O)cc1)NC(=O)C(CO)NC(=O)C1CCCN1)C(=O)O. The molecule has 1 aliphatic heterocycles. The molecule has 0 bridgehead atoms. The summed E-state index contributed by atoms with van der Waals surface area (Å²) < 4.78 is 0. The molecule has 0 aliphatic carbocycles. The first-order valence-electron chi connectivity index (χ1n) is 11.4. The smallest absolute Gasteiger partial charge is 0.326 e. The summed E-state index contributed by atoms with van der Waals surface area (Å²) in [6.45, 7) is 3.50. The van der Waals surface area contributed by atoms with Crippen molar-refractivity contribution in [3.63, 3.8) is 0 Å². The van der Waals surface area contributed by atoms with Crippen molar-refractivity contribution in [3.8, 4) is 5.75 Å². The average molecular weight is 479 g/mol. The number of benzene rings is 1. The summed E-state index contributed by atoms with van der Waals surface area (Å²) in [6, 6.07) is 1.93. The molecule has 1 aromatic carbocycles. The number of aliphatic hydroxyl groups excluding tert-OH is 1. The Labute approximate surface area is 198 Å². The molecular formula is C23H34N4O7. The van der Waals surface area contributed by atoms with Crippen LogP contribution in [0.5, 0.6) is 5.75 Å². The second-order valence-corrected chi connectivity index (χ2v) is 8.53. The first kappa shape index (κ1) is 27.1. The molecule has 1 aromatic rings. The molecule has 1 heterocycles. The van der Waals surface area contributed by atoms with E-state index in [1.165, 1.54) is 12.1 Å². The highest BCUT2D eigenvalue weighted by atomic mass is 16.4. The summed E-state index contributed by atoms with van der Waals surface area (Å²) >= 11 is 0. The Morgan fingerprint density at radius 1 is 1.06 bits per heavy atom. The van der Waals surface area contributed by atoms with E-state index in [1.54, 1.807) is 26.0 Å². The van der Waals surface area contributed by atoms with E-state index >= 15 is 0 Å². The Kier molecular flexibility index (Phi) is 10.3. The number of aromatic hydroxyl groups is 1. The van der Waals surface area contributed by atoms with Crippen molar-refractivity contribution >= 4 is 23.7 Å². The van der Waals surface area contributed by atoms with Gasteiger partial charge in [0.1, 0.15) is 23.9 Å². The zero-order chi connectivity index (χ0) is 25.3. The first-order chi connectivity index (χ1) is 16.2. The van der Waals surface area contributed by atoms with E-state index in [4.69, 9.17) is 0 Å². The number of rotatable bonds is 12. The number of aliphatic hydroxyl groups is 1. The van der Waals surface area contributed by atoms with Crippen LogP contribution in [-0.4, -0.2) is 76.3 Å². The number of carboxylic acids is 1. The molecule has 0 aromatic heterocycles. The summed E-state index contributed by atoms with van der Waals surface area (Å²) in [4.78, 5) is 49.9. The van der Waals surface area contributed by atoms with E-state index in [9.17, 15) is 34.5 Å². The Hall–Kier alpha value is -3.18. The van der Waals surface area contributed by atoms with Gasteiger partial charge in [-0.2, -0.15) is 0 Å². The number of carbonyl (C=O) groups excluding carboxylic acids is 3. The number of aliphatic carboxylic acids is 1. The van der Waals surface area contributed by atoms with Gasteiger partial charge in [-0.05, 0) is 43.0 Å². The molecule has 1 fully saturated rings. The molecule has 1 aliphatic rings. The lowest BCUT2D eigenvalue weighted by Gasteiger charge is -2.26. The molecule has 11 heteroatoms. The first-order valence-corrected chi connectivity index (χ1v) is 11.4. The second-order valence-electron chi connectivity index (χ2n) is 8.53. The number of amides is 3. The largest absolute Gasteiger partial charge is 0.508 e. The van der Waals surface area contributed by atoms with Gasteiger partial charge in [0.15, 0.2) is 0 Å². The standard InChI is InChI=1S/C23H34N4O7/c1-3-13(2)19(23(33)34)27-21(31)17(11-14-6-8-15(29)9-7-14)25-22(32)18(12-28)26-20(30)16-5-4-10-24-16/h6-9,13,16-19,24,28-29H,3-5,10-12H2,1-2H3,(H,25,32)(H,26,30)(H,27,31)(H,33,34). The predicted molar refractivity (Wildman–Crippen MR) is 123 cm³/mol. The maximum Gasteiger partial charge on any atom is 0.326 e. The van der Waals surface area contributed by atoms with Gasteiger partial charge in [-0.3, -0.25) is 14.4 Å². The fraction of sp³-hybridized carbons (Fsp3) is 0.565. The highest BCUT2D eigenvalue weighted by molar-refractivity contribution is 5.94. The number of nitrogens with one attached hydrogen (secondary N) is 4. The second kappa shape index (κ2) is 12.9. The van der Waals surface area contributed by atoms with E-state index in [0.717, 1.165) is 6.42 Å². The van der Waals surface area contributed by atoms with Gasteiger partial charge in [-0.25, -0.2) is 4.79 Å². The van der Waals surface area contributed by atoms with E-state index in [-0.39, 0.29) is 18.1 Å². The van der Waals surface area contributed by atoms with Crippen LogP contribution < -0.4 is 21.3 Å². The molecular weight excluding hydrogens is 444 g/mol. The molecule has 11 nitrogen and oxygen atoms in total. The number of carboxylic acid groups (broad SMARTS) is 1. The molecule has 0 radical (unpaired) electrons. The minimum absolute atomic E-state index is 0.000966. The predicted octanol–water partition coefficient (Wildman–Crippen LogP) is -0.736. The van der Waals surface area contributed by atoms with Crippen LogP contribution >= 0.6 is 0 Å². The summed E-state index contributed by atoms with van der Waals surface area (Å²) in [7, 11) is 0. The van der Waals surface area contributed by atoms with E-state index in [1.807, 2.05) is 0 Å². The van der Waals surface area contributed by atoms with Crippen LogP contribution in [0.1, 0.15) is 38.7 Å². The molecule has 188 valence electrons. The summed E-state index contributed by atoms with van der Waals surface area (Å²) in [5, 5.41) is 39.2. The molecule has 2 rings (SSSR count). The summed E-state index contributed by atoms with van der Waals surface area (Å²) in [5.41, 5.74) is 0.605. The molecule has 5 atom stereocenters. The van der Waals surface area contributed by atoms with Crippen molar-refractivity contribution in [2.75, 3.05) is 13.2 Å². The van der Waals surface area contributed by atoms with Crippen molar-refractivity contribution in [2.45, 2.75) is 63.7 Å². The maximum atomic E-state index is 13.0. The van der Waals surface area contributed by atoms with E-state index in [2.05, 4.69) is 21.3 Å². The van der Waals surface area contributed by atoms with Crippen LogP contribution in [0.3, 0.4) is 0 Å². The summed E-state index contributed by atoms with van der Waals surface area (Å²) in [5.74, 6) is -3.43. The van der Waals surface area contributed by atoms with Crippen LogP contribution in [0.2, 0.25) is 0 Å². The van der Waals surface area contributed by atoms with Crippen LogP contribution in [0, 0.1) is 5.92 Å². The van der Waals surface area contributed by atoms with Crippen molar-refractivity contribution < 1.29 is 34.5 Å². The minimum atomic E-state index is -1.28. The number of carbonyl (C=O) groups is 4. The molecule has 5 unspecified atom stereocenters. The fourth-order valence-electron chi connectivity index (χ4n) is 3.66. The Morgan fingerprint density at radius 2 is 1.71 bits per heavy atom. The van der Waals surface area contributed by atoms with Crippen LogP contribution in [0.25, 0.3) is 0 Å². The lowest BCUT2D eigenvalue weighted by atomic mass is 9.98. The van der Waals surface area contributed by atoms with Crippen LogP contribution in [0.4, 0.5) is 0 Å². The Bertz CT molecular complexity index is 855. The molecule has 0 saturated carbocycles. The van der Waals surface area contributed by atoms with Crippen LogP contribution in [-0.2, 0) is 25.6 Å². The normalized spacial score (nSPS) is 18.9. The van der Waals surface area contributed by atoms with Crippen molar-refractivity contribution in [1.82, 2.24) is 21.3 Å². The zero-order valence-corrected chi connectivity index (χ0v) is 19.4. The van der Waals surface area contributed by atoms with Gasteiger partial charge < -0.3 is 36.6 Å². The number of phenols is 1. The molecule has 1 saturated heterocycles. The van der Waals surface area contributed by atoms with Gasteiger partial charge in [0, 0.05) is 6.42 Å². The fourth-order valence-corrected chi connectivity index (χ4v) is 3.66. The van der Waals surface area contributed by atoms with Gasteiger partial charge in [0.2, 0.25) is 17.7 Å². The third kappa shape index (κ3) is 7.70. The minimum Gasteiger partial charge on any atom is -0.508 e. The zero-order valence-electron chi connectivity index (χ0n) is 19.4. The van der Waals surface area contributed by atoms with Gasteiger partial charge in [0.05, 0.1) is 12.6 Å². The lowest BCUT2D eigenvalue weighted by molar-refractivity contribution is -0.143. The Balaban J connectivity index is 2.17. The number of hydrogen-bond acceptors (Lipinski definition) is 7. The van der Waals surface area contributed by atoms with Gasteiger partial charge in [-0.1, -0.05) is 32.4 Å². The van der Waals surface area contributed by atoms with E-state index in [0.29, 0.717) is 24.9 Å². The third-order valence-electron chi connectivity index (χ3n) is 5.98. The van der Waals surface area contributed by atoms with Gasteiger partial charge in [-0.15, -0.1) is 0 Å². The molecule has 3 amide bonds. The van der Waals surface area contributed by atoms with Gasteiger partial charge >= 0.3 is 5.97 Å². The quantitative estimate of drug-likeness (QED) is 0.205.